The summed E-state index contributed by atoms with van der Waals surface area (Å²) in [7, 11) is 0. The Balaban J connectivity index is 2.10. The van der Waals surface area contributed by atoms with Crippen LogP contribution in [0.1, 0.15) is 16.7 Å². The molecular formula is C15H12Cl2N2. The first-order valence-electron chi connectivity index (χ1n) is 5.78. The van der Waals surface area contributed by atoms with Gasteiger partial charge in [-0.15, -0.1) is 0 Å². The van der Waals surface area contributed by atoms with Gasteiger partial charge in [-0.2, -0.15) is 5.26 Å². The third kappa shape index (κ3) is 3.41. The summed E-state index contributed by atoms with van der Waals surface area (Å²) in [5.74, 6) is 0. The summed E-state index contributed by atoms with van der Waals surface area (Å²) in [4.78, 5) is 0. The minimum atomic E-state index is 0.562. The van der Waals surface area contributed by atoms with Crippen molar-refractivity contribution in [1.29, 1.82) is 5.26 Å². The van der Waals surface area contributed by atoms with E-state index in [0.717, 1.165) is 21.8 Å². The molecule has 0 heterocycles. The SMILES string of the molecule is Cc1ccc(NCc2ccc(C#N)cc2Cl)cc1Cl. The molecule has 2 rings (SSSR count). The van der Waals surface area contributed by atoms with E-state index < -0.39 is 0 Å². The Kier molecular flexibility index (Phi) is 4.31. The molecule has 0 saturated heterocycles. The van der Waals surface area contributed by atoms with Crippen LogP contribution in [-0.2, 0) is 6.54 Å². The normalized spacial score (nSPS) is 10.0. The van der Waals surface area contributed by atoms with Crippen molar-refractivity contribution in [3.05, 3.63) is 63.1 Å². The molecule has 1 N–H and O–H groups in total. The maximum atomic E-state index is 8.78. The van der Waals surface area contributed by atoms with Crippen LogP contribution in [0.5, 0.6) is 0 Å². The third-order valence-corrected chi connectivity index (χ3v) is 3.60. The van der Waals surface area contributed by atoms with Gasteiger partial charge in [-0.05, 0) is 42.3 Å². The molecule has 2 aromatic rings. The molecule has 19 heavy (non-hydrogen) atoms. The first-order valence-corrected chi connectivity index (χ1v) is 6.54. The van der Waals surface area contributed by atoms with Crippen molar-refractivity contribution >= 4 is 28.9 Å². The molecule has 0 aliphatic carbocycles. The predicted molar refractivity (Wildman–Crippen MR) is 79.7 cm³/mol. The number of hydrogen-bond acceptors (Lipinski definition) is 2. The molecule has 0 fully saturated rings. The Morgan fingerprint density at radius 1 is 1.11 bits per heavy atom. The van der Waals surface area contributed by atoms with Gasteiger partial charge in [0.25, 0.3) is 0 Å². The smallest absolute Gasteiger partial charge is 0.0992 e. The highest BCUT2D eigenvalue weighted by molar-refractivity contribution is 6.31. The van der Waals surface area contributed by atoms with E-state index in [1.165, 1.54) is 0 Å². The molecular weight excluding hydrogens is 279 g/mol. The summed E-state index contributed by atoms with van der Waals surface area (Å²) in [6.45, 7) is 2.55. The number of nitrogens with zero attached hydrogens (tertiary/aromatic N) is 1. The van der Waals surface area contributed by atoms with Crippen LogP contribution >= 0.6 is 23.2 Å². The van der Waals surface area contributed by atoms with Crippen LogP contribution in [0, 0.1) is 18.3 Å². The topological polar surface area (TPSA) is 35.8 Å². The molecule has 0 unspecified atom stereocenters. The second kappa shape index (κ2) is 5.97. The molecule has 4 heteroatoms. The largest absolute Gasteiger partial charge is 0.381 e. The maximum absolute atomic E-state index is 8.78. The zero-order valence-electron chi connectivity index (χ0n) is 10.4. The lowest BCUT2D eigenvalue weighted by molar-refractivity contribution is 1.15. The minimum Gasteiger partial charge on any atom is -0.381 e. The number of halogens is 2. The number of benzene rings is 2. The van der Waals surface area contributed by atoms with Gasteiger partial charge in [0.15, 0.2) is 0 Å². The number of hydrogen-bond donors (Lipinski definition) is 1. The number of nitrogens with one attached hydrogen (secondary N) is 1. The van der Waals surface area contributed by atoms with Crippen LogP contribution in [0.2, 0.25) is 10.0 Å². The molecule has 0 spiro atoms. The van der Waals surface area contributed by atoms with Gasteiger partial charge in [0, 0.05) is 22.3 Å². The molecule has 0 amide bonds. The van der Waals surface area contributed by atoms with E-state index in [0.29, 0.717) is 17.1 Å². The molecule has 0 aromatic heterocycles. The quantitative estimate of drug-likeness (QED) is 0.882. The fourth-order valence-corrected chi connectivity index (χ4v) is 2.09. The number of anilines is 1. The van der Waals surface area contributed by atoms with Crippen LogP contribution in [0.25, 0.3) is 0 Å². The monoisotopic (exact) mass is 290 g/mol. The van der Waals surface area contributed by atoms with Crippen LogP contribution < -0.4 is 5.32 Å². The van der Waals surface area contributed by atoms with Crippen molar-refractivity contribution in [2.24, 2.45) is 0 Å². The van der Waals surface area contributed by atoms with Crippen LogP contribution in [0.15, 0.2) is 36.4 Å². The second-order valence-electron chi connectivity index (χ2n) is 4.24. The zero-order valence-corrected chi connectivity index (χ0v) is 11.9. The molecule has 0 aliphatic rings. The van der Waals surface area contributed by atoms with E-state index >= 15 is 0 Å². The van der Waals surface area contributed by atoms with E-state index in [9.17, 15) is 0 Å². The van der Waals surface area contributed by atoms with E-state index in [1.807, 2.05) is 31.2 Å². The van der Waals surface area contributed by atoms with E-state index in [-0.39, 0.29) is 0 Å². The molecule has 0 aliphatic heterocycles. The lowest BCUT2D eigenvalue weighted by atomic mass is 10.1. The van der Waals surface area contributed by atoms with Gasteiger partial charge in [-0.3, -0.25) is 0 Å². The summed E-state index contributed by atoms with van der Waals surface area (Å²) in [6.07, 6.45) is 0. The fraction of sp³-hybridized carbons (Fsp3) is 0.133. The van der Waals surface area contributed by atoms with Crippen molar-refractivity contribution in [3.8, 4) is 6.07 Å². The third-order valence-electron chi connectivity index (χ3n) is 2.84. The summed E-state index contributed by atoms with van der Waals surface area (Å²) in [6, 6.07) is 13.2. The molecule has 2 nitrogen and oxygen atoms in total. The van der Waals surface area contributed by atoms with Gasteiger partial charge >= 0.3 is 0 Å². The van der Waals surface area contributed by atoms with Crippen molar-refractivity contribution < 1.29 is 0 Å². The highest BCUT2D eigenvalue weighted by Gasteiger charge is 2.03. The van der Waals surface area contributed by atoms with Crippen molar-refractivity contribution in [1.82, 2.24) is 0 Å². The van der Waals surface area contributed by atoms with E-state index in [1.54, 1.807) is 12.1 Å². The second-order valence-corrected chi connectivity index (χ2v) is 5.05. The van der Waals surface area contributed by atoms with Crippen LogP contribution in [-0.4, -0.2) is 0 Å². The van der Waals surface area contributed by atoms with Gasteiger partial charge < -0.3 is 5.32 Å². The first-order chi connectivity index (χ1) is 9.10. The lowest BCUT2D eigenvalue weighted by Crippen LogP contribution is -2.00. The summed E-state index contributed by atoms with van der Waals surface area (Å²) in [5, 5.41) is 13.4. The number of nitriles is 1. The Morgan fingerprint density at radius 3 is 2.53 bits per heavy atom. The number of aryl methyl sites for hydroxylation is 1. The van der Waals surface area contributed by atoms with Gasteiger partial charge in [-0.1, -0.05) is 35.3 Å². The predicted octanol–water partition coefficient (Wildman–Crippen LogP) is 4.79. The molecule has 0 bridgehead atoms. The fourth-order valence-electron chi connectivity index (χ4n) is 1.66. The molecule has 0 atom stereocenters. The van der Waals surface area contributed by atoms with Gasteiger partial charge in [0.2, 0.25) is 0 Å². The van der Waals surface area contributed by atoms with Crippen molar-refractivity contribution in [2.75, 3.05) is 5.32 Å². The highest BCUT2D eigenvalue weighted by atomic mass is 35.5. The van der Waals surface area contributed by atoms with Crippen molar-refractivity contribution in [2.45, 2.75) is 13.5 Å². The Labute approximate surface area is 122 Å². The molecule has 0 saturated carbocycles. The average Bonchev–Trinajstić information content (AvgIpc) is 2.41. The Bertz CT molecular complexity index is 645. The number of rotatable bonds is 3. The molecule has 2 aromatic carbocycles. The van der Waals surface area contributed by atoms with Gasteiger partial charge in [0.1, 0.15) is 0 Å². The van der Waals surface area contributed by atoms with E-state index in [4.69, 9.17) is 28.5 Å². The van der Waals surface area contributed by atoms with E-state index in [2.05, 4.69) is 11.4 Å². The van der Waals surface area contributed by atoms with Gasteiger partial charge in [0.05, 0.1) is 11.6 Å². The maximum Gasteiger partial charge on any atom is 0.0992 e. The van der Waals surface area contributed by atoms with Crippen molar-refractivity contribution in [3.63, 3.8) is 0 Å². The van der Waals surface area contributed by atoms with Crippen LogP contribution in [0.4, 0.5) is 5.69 Å². The Hall–Kier alpha value is -1.69. The Morgan fingerprint density at radius 2 is 1.89 bits per heavy atom. The van der Waals surface area contributed by atoms with Crippen LogP contribution in [0.3, 0.4) is 0 Å². The summed E-state index contributed by atoms with van der Waals surface area (Å²) in [5.41, 5.74) is 3.49. The molecule has 96 valence electrons. The zero-order chi connectivity index (χ0) is 13.8. The molecule has 0 radical (unpaired) electrons. The summed E-state index contributed by atoms with van der Waals surface area (Å²) < 4.78 is 0. The lowest BCUT2D eigenvalue weighted by Gasteiger charge is -2.09. The standard InChI is InChI=1S/C15H12Cl2N2/c1-10-2-5-13(7-14(10)16)19-9-12-4-3-11(8-18)6-15(12)17/h2-7,19H,9H2,1H3. The highest BCUT2D eigenvalue weighted by Crippen LogP contribution is 2.22. The minimum absolute atomic E-state index is 0.562. The van der Waals surface area contributed by atoms with Gasteiger partial charge in [-0.25, -0.2) is 0 Å². The summed E-state index contributed by atoms with van der Waals surface area (Å²) >= 11 is 12.2. The first kappa shape index (κ1) is 13.7. The average molecular weight is 291 g/mol.